The van der Waals surface area contributed by atoms with E-state index in [1.54, 1.807) is 6.33 Å². The van der Waals surface area contributed by atoms with Crippen LogP contribution < -0.4 is 21.5 Å². The number of aromatic nitrogens is 4. The molecule has 3 aliphatic heterocycles. The smallest absolute Gasteiger partial charge is 0.164 e. The van der Waals surface area contributed by atoms with Crippen LogP contribution in [0.25, 0.3) is 22.3 Å². The summed E-state index contributed by atoms with van der Waals surface area (Å²) < 4.78 is 8.08. The van der Waals surface area contributed by atoms with Crippen molar-refractivity contribution >= 4 is 24.7 Å². The van der Waals surface area contributed by atoms with Gasteiger partial charge in [0.25, 0.3) is 0 Å². The second-order valence-electron chi connectivity index (χ2n) is 11.8. The molecule has 11 heteroatoms. The van der Waals surface area contributed by atoms with E-state index >= 15 is 0 Å². The Labute approximate surface area is 241 Å². The molecule has 3 unspecified atom stereocenters. The highest BCUT2D eigenvalue weighted by Crippen LogP contribution is 2.36. The third-order valence-corrected chi connectivity index (χ3v) is 9.19. The Morgan fingerprint density at radius 2 is 1.61 bits per heavy atom. The maximum absolute atomic E-state index is 6.70. The first-order chi connectivity index (χ1) is 20.0. The lowest BCUT2D eigenvalue weighted by molar-refractivity contribution is -0.000930. The normalized spacial score (nSPS) is 24.9. The molecule has 0 aliphatic carbocycles. The summed E-state index contributed by atoms with van der Waals surface area (Å²) in [4.78, 5) is 14.2. The molecular weight excluding hydrogens is 513 g/mol. The lowest BCUT2D eigenvalue weighted by Gasteiger charge is -2.52. The number of rotatable bonds is 6. The van der Waals surface area contributed by atoms with E-state index < -0.39 is 0 Å². The number of fused-ring (bicyclic) bond motifs is 1. The molecule has 0 radical (unpaired) electrons. The molecule has 212 valence electrons. The summed E-state index contributed by atoms with van der Waals surface area (Å²) in [5, 5.41) is 9.31. The van der Waals surface area contributed by atoms with Gasteiger partial charge in [-0.3, -0.25) is 4.90 Å². The Kier molecular flexibility index (Phi) is 7.12. The van der Waals surface area contributed by atoms with Gasteiger partial charge in [0.15, 0.2) is 5.65 Å². The van der Waals surface area contributed by atoms with E-state index in [0.717, 1.165) is 79.2 Å². The van der Waals surface area contributed by atoms with Gasteiger partial charge in [0.1, 0.15) is 37.2 Å². The molecule has 0 saturated carbocycles. The first kappa shape index (κ1) is 26.4. The molecular formula is C30H38BN9O. The average Bonchev–Trinajstić information content (AvgIpc) is 3.36. The summed E-state index contributed by atoms with van der Waals surface area (Å²) in [6.45, 7) is 4.19. The van der Waals surface area contributed by atoms with E-state index in [0.29, 0.717) is 23.8 Å². The summed E-state index contributed by atoms with van der Waals surface area (Å²) in [6, 6.07) is 19.1. The fourth-order valence-electron chi connectivity index (χ4n) is 7.01. The lowest BCUT2D eigenvalue weighted by atomic mass is 9.79. The minimum Gasteiger partial charge on any atom is -0.457 e. The van der Waals surface area contributed by atoms with Crippen LogP contribution in [0.4, 0.5) is 5.82 Å². The molecule has 3 aliphatic rings. The molecule has 4 aromatic rings. The van der Waals surface area contributed by atoms with E-state index in [9.17, 15) is 0 Å². The van der Waals surface area contributed by atoms with Gasteiger partial charge >= 0.3 is 0 Å². The molecule has 2 aromatic carbocycles. The molecule has 3 fully saturated rings. The lowest BCUT2D eigenvalue weighted by Crippen LogP contribution is -2.68. The van der Waals surface area contributed by atoms with Crippen molar-refractivity contribution in [2.45, 2.75) is 55.9 Å². The molecule has 10 nitrogen and oxygen atoms in total. The van der Waals surface area contributed by atoms with Crippen molar-refractivity contribution in [2.24, 2.45) is 5.73 Å². The molecule has 2 aromatic heterocycles. The summed E-state index contributed by atoms with van der Waals surface area (Å²) in [6.07, 6.45) is 5.92. The molecule has 0 amide bonds. The van der Waals surface area contributed by atoms with Crippen molar-refractivity contribution in [3.8, 4) is 22.8 Å². The van der Waals surface area contributed by atoms with E-state index in [2.05, 4.69) is 37.6 Å². The van der Waals surface area contributed by atoms with E-state index in [1.807, 2.05) is 54.6 Å². The highest BCUT2D eigenvalue weighted by atomic mass is 16.5. The number of nitrogens with one attached hydrogen (secondary N) is 1. The van der Waals surface area contributed by atoms with Gasteiger partial charge in [0, 0.05) is 43.8 Å². The zero-order valence-corrected chi connectivity index (χ0v) is 23.6. The molecule has 3 saturated heterocycles. The predicted octanol–water partition coefficient (Wildman–Crippen LogP) is 2.18. The second-order valence-corrected chi connectivity index (χ2v) is 11.8. The van der Waals surface area contributed by atoms with Crippen LogP contribution in [-0.2, 0) is 0 Å². The SMILES string of the molecule is BC1CC(N2CCC(n3nc(-c4ccc(Oc5ccccc5)cc4)c4c(N)ncnc43)CC2)CC(N)N1C1CNC1. The Hall–Kier alpha value is -3.51. The van der Waals surface area contributed by atoms with Gasteiger partial charge in [0.05, 0.1) is 17.6 Å². The number of hydrogen-bond donors (Lipinski definition) is 3. The van der Waals surface area contributed by atoms with Gasteiger partial charge in [0.2, 0.25) is 0 Å². The number of hydrogen-bond acceptors (Lipinski definition) is 9. The van der Waals surface area contributed by atoms with Crippen molar-refractivity contribution in [2.75, 3.05) is 31.9 Å². The van der Waals surface area contributed by atoms with Gasteiger partial charge in [-0.05, 0) is 68.0 Å². The molecule has 41 heavy (non-hydrogen) atoms. The molecule has 3 atom stereocenters. The Morgan fingerprint density at radius 3 is 2.29 bits per heavy atom. The first-order valence-electron chi connectivity index (χ1n) is 14.8. The zero-order valence-electron chi connectivity index (χ0n) is 23.6. The summed E-state index contributed by atoms with van der Waals surface area (Å²) in [5.74, 6) is 2.53. The Morgan fingerprint density at radius 1 is 0.878 bits per heavy atom. The van der Waals surface area contributed by atoms with Crippen LogP contribution in [0.2, 0.25) is 0 Å². The van der Waals surface area contributed by atoms with Gasteiger partial charge in [-0.1, -0.05) is 18.2 Å². The number of nitrogen functional groups attached to an aromatic ring is 1. The fraction of sp³-hybridized carbons (Fsp3) is 0.433. The van der Waals surface area contributed by atoms with Gasteiger partial charge in [-0.25, -0.2) is 14.6 Å². The maximum Gasteiger partial charge on any atom is 0.164 e. The highest BCUT2D eigenvalue weighted by molar-refractivity contribution is 6.11. The largest absolute Gasteiger partial charge is 0.457 e. The number of piperidine rings is 2. The van der Waals surface area contributed by atoms with Gasteiger partial charge in [-0.2, -0.15) is 5.10 Å². The molecule has 7 rings (SSSR count). The third kappa shape index (κ3) is 5.08. The quantitative estimate of drug-likeness (QED) is 0.310. The van der Waals surface area contributed by atoms with Crippen LogP contribution in [0.5, 0.6) is 11.5 Å². The van der Waals surface area contributed by atoms with Crippen LogP contribution in [0.15, 0.2) is 60.9 Å². The predicted molar refractivity (Wildman–Crippen MR) is 163 cm³/mol. The Balaban J connectivity index is 1.08. The number of para-hydroxylation sites is 1. The van der Waals surface area contributed by atoms with E-state index in [4.69, 9.17) is 21.3 Å². The minimum atomic E-state index is 0.135. The van der Waals surface area contributed by atoms with Crippen LogP contribution in [0.3, 0.4) is 0 Å². The number of likely N-dealkylation sites (tertiary alicyclic amines) is 2. The van der Waals surface area contributed by atoms with Crippen LogP contribution in [-0.4, -0.2) is 87.8 Å². The van der Waals surface area contributed by atoms with Crippen molar-refractivity contribution in [3.05, 3.63) is 60.9 Å². The fourth-order valence-corrected chi connectivity index (χ4v) is 7.01. The number of benzene rings is 2. The zero-order chi connectivity index (χ0) is 27.9. The van der Waals surface area contributed by atoms with Crippen molar-refractivity contribution in [1.29, 1.82) is 0 Å². The number of anilines is 1. The standard InChI is InChI=1S/C30H38BN9O/c31-25-14-21(15-26(32)39(25)22-16-34-17-22)38-12-10-20(11-13-38)40-30-27(29(33)35-18-36-30)28(37-40)19-6-8-24(9-7-19)41-23-4-2-1-3-5-23/h1-9,18,20-22,25-26,34H,10-17,31-32H2,(H2,33,35,36). The Bertz CT molecular complexity index is 1470. The molecule has 5 heterocycles. The second kappa shape index (κ2) is 11.1. The van der Waals surface area contributed by atoms with Gasteiger partial charge < -0.3 is 26.4 Å². The highest BCUT2D eigenvalue weighted by Gasteiger charge is 2.40. The number of ether oxygens (including phenoxy) is 1. The van der Waals surface area contributed by atoms with E-state index in [1.165, 1.54) is 6.42 Å². The summed E-state index contributed by atoms with van der Waals surface area (Å²) in [7, 11) is 2.35. The van der Waals surface area contributed by atoms with Crippen molar-refractivity contribution in [3.63, 3.8) is 0 Å². The monoisotopic (exact) mass is 551 g/mol. The summed E-state index contributed by atoms with van der Waals surface area (Å²) >= 11 is 0. The van der Waals surface area contributed by atoms with Crippen LogP contribution in [0.1, 0.15) is 31.7 Å². The van der Waals surface area contributed by atoms with Crippen molar-refractivity contribution in [1.82, 2.24) is 34.9 Å². The minimum absolute atomic E-state index is 0.135. The molecule has 0 spiro atoms. The molecule has 0 bridgehead atoms. The summed E-state index contributed by atoms with van der Waals surface area (Å²) in [5.41, 5.74) is 15.7. The maximum atomic E-state index is 6.70. The topological polar surface area (TPSA) is 123 Å². The van der Waals surface area contributed by atoms with E-state index in [-0.39, 0.29) is 12.2 Å². The van der Waals surface area contributed by atoms with Crippen molar-refractivity contribution < 1.29 is 4.74 Å². The first-order valence-corrected chi connectivity index (χ1v) is 14.8. The number of nitrogens with two attached hydrogens (primary N) is 2. The molecule has 5 N–H and O–H groups in total. The average molecular weight is 552 g/mol. The third-order valence-electron chi connectivity index (χ3n) is 9.19. The van der Waals surface area contributed by atoms with Gasteiger partial charge in [-0.15, -0.1) is 0 Å². The van der Waals surface area contributed by atoms with Crippen LogP contribution >= 0.6 is 0 Å². The van der Waals surface area contributed by atoms with Crippen LogP contribution in [0, 0.1) is 0 Å². The number of nitrogens with zero attached hydrogens (tertiary/aromatic N) is 6.